The molecule has 0 aromatic carbocycles. The molecule has 57 heavy (non-hydrogen) atoms. The first kappa shape index (κ1) is 49.5. The monoisotopic (exact) mass is 847 g/mol. The Bertz CT molecular complexity index is 1670. The second-order valence-corrected chi connectivity index (χ2v) is 11.5. The Morgan fingerprint density at radius 3 is 1.53 bits per heavy atom. The number of nitrogens with zero attached hydrogens (tertiary/aromatic N) is 7. The standard InChI is InChI=1S/C22H29N7.4C2HF3O2/c1-3-28-11-12-29-20(19-14-25-26(2)17-19)15-24-21(29)22(28)6-9-27(10-7-22)16-18-5-4-8-23-13-18;4*3-2(4,5)1(6)7/h4-5,8,13-15,17H,3,6-7,9-12,16H2,1-2H3;4*(H,6,7). The van der Waals surface area contributed by atoms with Gasteiger partial charge >= 0.3 is 48.6 Å². The van der Waals surface area contributed by atoms with E-state index in [-0.39, 0.29) is 5.54 Å². The molecule has 5 heterocycles. The molecule has 320 valence electrons. The highest BCUT2D eigenvalue weighted by Gasteiger charge is 2.47. The second-order valence-electron chi connectivity index (χ2n) is 11.5. The molecule has 1 spiro atoms. The van der Waals surface area contributed by atoms with Gasteiger partial charge in [0.25, 0.3) is 0 Å². The smallest absolute Gasteiger partial charge is 0.475 e. The van der Waals surface area contributed by atoms with E-state index >= 15 is 0 Å². The number of imidazole rings is 1. The molecule has 0 bridgehead atoms. The Morgan fingerprint density at radius 2 is 1.18 bits per heavy atom. The molecule has 4 N–H and O–H groups in total. The van der Waals surface area contributed by atoms with Crippen molar-refractivity contribution in [1.29, 1.82) is 0 Å². The minimum Gasteiger partial charge on any atom is -0.475 e. The predicted molar refractivity (Wildman–Crippen MR) is 167 cm³/mol. The van der Waals surface area contributed by atoms with Crippen LogP contribution >= 0.6 is 0 Å². The Kier molecular flexibility index (Phi) is 17.5. The van der Waals surface area contributed by atoms with Crippen LogP contribution in [-0.2, 0) is 44.9 Å². The van der Waals surface area contributed by atoms with E-state index < -0.39 is 48.6 Å². The fourth-order valence-corrected chi connectivity index (χ4v) is 5.17. The molecule has 0 radical (unpaired) electrons. The van der Waals surface area contributed by atoms with Crippen LogP contribution < -0.4 is 0 Å². The number of rotatable bonds is 4. The molecule has 1 fully saturated rings. The molecule has 2 aliphatic rings. The van der Waals surface area contributed by atoms with Crippen LogP contribution in [0.15, 0.2) is 43.1 Å². The van der Waals surface area contributed by atoms with Crippen molar-refractivity contribution >= 4 is 23.9 Å². The molecule has 2 aliphatic heterocycles. The van der Waals surface area contributed by atoms with Gasteiger partial charge in [-0.3, -0.25) is 19.5 Å². The molecule has 0 amide bonds. The molecule has 5 rings (SSSR count). The fourth-order valence-electron chi connectivity index (χ4n) is 5.17. The number of hydrogen-bond acceptors (Lipinski definition) is 9. The zero-order valence-electron chi connectivity index (χ0n) is 29.3. The van der Waals surface area contributed by atoms with E-state index in [0.717, 1.165) is 57.7 Å². The summed E-state index contributed by atoms with van der Waals surface area (Å²) in [5.41, 5.74) is 3.68. The van der Waals surface area contributed by atoms with Crippen molar-refractivity contribution in [3.8, 4) is 11.3 Å². The molecular weight excluding hydrogens is 814 g/mol. The number of likely N-dealkylation sites (N-methyl/N-ethyl adjacent to an activating group) is 1. The number of alkyl halides is 12. The van der Waals surface area contributed by atoms with E-state index in [1.807, 2.05) is 36.4 Å². The van der Waals surface area contributed by atoms with Crippen molar-refractivity contribution in [1.82, 2.24) is 34.1 Å². The number of aryl methyl sites for hydroxylation is 1. The van der Waals surface area contributed by atoms with Crippen molar-refractivity contribution in [3.05, 3.63) is 54.5 Å². The zero-order valence-corrected chi connectivity index (χ0v) is 29.3. The van der Waals surface area contributed by atoms with E-state index in [0.29, 0.717) is 0 Å². The normalized spacial score (nSPS) is 15.5. The van der Waals surface area contributed by atoms with Gasteiger partial charge in [-0.2, -0.15) is 57.8 Å². The third kappa shape index (κ3) is 15.5. The molecule has 0 saturated carbocycles. The highest BCUT2D eigenvalue weighted by atomic mass is 19.4. The lowest BCUT2D eigenvalue weighted by atomic mass is 9.83. The molecule has 27 heteroatoms. The highest BCUT2D eigenvalue weighted by Crippen LogP contribution is 2.42. The van der Waals surface area contributed by atoms with Gasteiger partial charge in [-0.1, -0.05) is 13.0 Å². The van der Waals surface area contributed by atoms with E-state index in [4.69, 9.17) is 44.6 Å². The maximum atomic E-state index is 10.6. The summed E-state index contributed by atoms with van der Waals surface area (Å²) in [6.07, 6.45) is -8.20. The van der Waals surface area contributed by atoms with Crippen LogP contribution in [0, 0.1) is 0 Å². The SMILES string of the molecule is CCN1CCn2c(-c3cnn(C)c3)cnc2C12CCN(Cc1cccnc1)CC2.O=C(O)C(F)(F)F.O=C(O)C(F)(F)F.O=C(O)C(F)(F)F.O=C(O)C(F)(F)F. The quantitative estimate of drug-likeness (QED) is 0.255. The summed E-state index contributed by atoms with van der Waals surface area (Å²) in [7, 11) is 1.97. The van der Waals surface area contributed by atoms with Gasteiger partial charge in [0.05, 0.1) is 23.6 Å². The first-order chi connectivity index (χ1) is 26.0. The highest BCUT2D eigenvalue weighted by molar-refractivity contribution is 5.74. The van der Waals surface area contributed by atoms with Crippen LogP contribution in [0.1, 0.15) is 31.2 Å². The Morgan fingerprint density at radius 1 is 0.719 bits per heavy atom. The topological polar surface area (TPSA) is 204 Å². The van der Waals surface area contributed by atoms with Crippen LogP contribution in [0.5, 0.6) is 0 Å². The Balaban J connectivity index is 0.000000473. The molecule has 3 aromatic heterocycles. The summed E-state index contributed by atoms with van der Waals surface area (Å²) < 4.78 is 131. The van der Waals surface area contributed by atoms with Gasteiger partial charge in [0, 0.05) is 63.9 Å². The van der Waals surface area contributed by atoms with Gasteiger partial charge in [-0.15, -0.1) is 0 Å². The van der Waals surface area contributed by atoms with Crippen molar-refractivity contribution in [2.45, 2.75) is 63.1 Å². The van der Waals surface area contributed by atoms with Gasteiger partial charge in [0.15, 0.2) is 0 Å². The number of aliphatic carboxylic acids is 4. The maximum Gasteiger partial charge on any atom is 0.490 e. The summed E-state index contributed by atoms with van der Waals surface area (Å²) in [4.78, 5) is 50.0. The third-order valence-corrected chi connectivity index (χ3v) is 7.64. The largest absolute Gasteiger partial charge is 0.490 e. The number of carboxylic acids is 4. The zero-order chi connectivity index (χ0) is 44.2. The molecule has 3 aromatic rings. The third-order valence-electron chi connectivity index (χ3n) is 7.64. The number of piperidine rings is 1. The van der Waals surface area contributed by atoms with E-state index in [1.54, 1.807) is 0 Å². The molecule has 0 atom stereocenters. The summed E-state index contributed by atoms with van der Waals surface area (Å²) in [5, 5.41) is 32.9. The Hall–Kier alpha value is -5.47. The van der Waals surface area contributed by atoms with Crippen LogP contribution in [-0.4, -0.2) is 129 Å². The van der Waals surface area contributed by atoms with Crippen molar-refractivity contribution in [2.75, 3.05) is 26.2 Å². The van der Waals surface area contributed by atoms with Crippen molar-refractivity contribution in [2.24, 2.45) is 7.05 Å². The lowest BCUT2D eigenvalue weighted by Crippen LogP contribution is -2.57. The summed E-state index contributed by atoms with van der Waals surface area (Å²) >= 11 is 0. The Labute approximate surface area is 312 Å². The molecule has 15 nitrogen and oxygen atoms in total. The van der Waals surface area contributed by atoms with Gasteiger partial charge in [0.1, 0.15) is 5.82 Å². The number of pyridine rings is 1. The number of likely N-dealkylation sites (tertiary alicyclic amines) is 1. The number of aromatic nitrogens is 5. The lowest BCUT2D eigenvalue weighted by Gasteiger charge is -2.50. The minimum atomic E-state index is -5.08. The van der Waals surface area contributed by atoms with Gasteiger partial charge in [-0.25, -0.2) is 24.2 Å². The van der Waals surface area contributed by atoms with Crippen LogP contribution in [0.2, 0.25) is 0 Å². The minimum absolute atomic E-state index is 0.0406. The van der Waals surface area contributed by atoms with E-state index in [9.17, 15) is 52.7 Å². The molecule has 0 aliphatic carbocycles. The number of carbonyl (C=O) groups is 4. The second kappa shape index (κ2) is 20.1. The van der Waals surface area contributed by atoms with Crippen LogP contribution in [0.4, 0.5) is 52.7 Å². The summed E-state index contributed by atoms with van der Waals surface area (Å²) in [5.74, 6) is -9.79. The van der Waals surface area contributed by atoms with Gasteiger partial charge < -0.3 is 25.0 Å². The van der Waals surface area contributed by atoms with Crippen molar-refractivity contribution in [3.63, 3.8) is 0 Å². The number of fused-ring (bicyclic) bond motifs is 2. The van der Waals surface area contributed by atoms with Gasteiger partial charge in [0.2, 0.25) is 0 Å². The lowest BCUT2D eigenvalue weighted by molar-refractivity contribution is -0.193. The summed E-state index contributed by atoms with van der Waals surface area (Å²) in [6.45, 7) is 8.57. The first-order valence-electron chi connectivity index (χ1n) is 15.6. The maximum absolute atomic E-state index is 10.6. The number of carboxylic acid groups (broad SMARTS) is 4. The van der Waals surface area contributed by atoms with E-state index in [2.05, 4.69) is 49.8 Å². The molecular formula is C30H33F12N7O8. The molecule has 0 unspecified atom stereocenters. The van der Waals surface area contributed by atoms with Crippen LogP contribution in [0.3, 0.4) is 0 Å². The number of halogens is 12. The summed E-state index contributed by atoms with van der Waals surface area (Å²) in [6, 6.07) is 4.20. The first-order valence-corrected chi connectivity index (χ1v) is 15.6. The average Bonchev–Trinajstić information content (AvgIpc) is 3.72. The van der Waals surface area contributed by atoms with Crippen molar-refractivity contribution < 1.29 is 92.3 Å². The number of hydrogen-bond donors (Lipinski definition) is 4. The van der Waals surface area contributed by atoms with Gasteiger partial charge in [-0.05, 0) is 31.0 Å². The van der Waals surface area contributed by atoms with E-state index in [1.165, 1.54) is 17.1 Å². The molecule has 1 saturated heterocycles. The predicted octanol–water partition coefficient (Wildman–Crippen LogP) is 5.04. The fraction of sp³-hybridized carbons (Fsp3) is 0.500. The average molecular weight is 848 g/mol. The van der Waals surface area contributed by atoms with Crippen LogP contribution in [0.25, 0.3) is 11.3 Å².